The van der Waals surface area contributed by atoms with Crippen LogP contribution in [0.1, 0.15) is 213 Å². The van der Waals surface area contributed by atoms with Crippen LogP contribution in [-0.2, 0) is 0 Å². The van der Waals surface area contributed by atoms with Gasteiger partial charge in [0.15, 0.2) is 0 Å². The average Bonchev–Trinajstić information content (AvgIpc) is 2.87. The summed E-state index contributed by atoms with van der Waals surface area (Å²) < 4.78 is 0. The third-order valence-corrected chi connectivity index (χ3v) is 8.34. The van der Waals surface area contributed by atoms with Crippen molar-refractivity contribution in [2.75, 3.05) is 0 Å². The van der Waals surface area contributed by atoms with Crippen LogP contribution in [0.2, 0.25) is 0 Å². The Morgan fingerprint density at radius 1 is 0.314 bits per heavy atom. The minimum absolute atomic E-state index is 0.907. The Morgan fingerprint density at radius 2 is 0.514 bits per heavy atom. The molecule has 0 nitrogen and oxygen atoms in total. The Bertz CT molecular complexity index is 346. The first-order chi connectivity index (χ1) is 17.3. The SMILES string of the molecule is [CH2]CC(CCCCCCCCCCCCCCC)CCCCCCCCCCCCCCCCC. The second kappa shape index (κ2) is 32.0. The van der Waals surface area contributed by atoms with Gasteiger partial charge in [-0.05, 0) is 5.92 Å². The van der Waals surface area contributed by atoms with Crippen LogP contribution in [0, 0.1) is 12.8 Å². The molecule has 0 aromatic carbocycles. The maximum Gasteiger partial charge on any atom is -0.0414 e. The van der Waals surface area contributed by atoms with E-state index in [0.29, 0.717) is 0 Å². The van der Waals surface area contributed by atoms with Crippen LogP contribution in [0.3, 0.4) is 0 Å². The van der Waals surface area contributed by atoms with Crippen LogP contribution >= 0.6 is 0 Å². The van der Waals surface area contributed by atoms with Gasteiger partial charge in [-0.2, -0.15) is 0 Å². The fourth-order valence-corrected chi connectivity index (χ4v) is 5.69. The second-order valence-corrected chi connectivity index (χ2v) is 11.9. The van der Waals surface area contributed by atoms with E-state index in [9.17, 15) is 0 Å². The first kappa shape index (κ1) is 35.0. The van der Waals surface area contributed by atoms with Crippen LogP contribution in [0.25, 0.3) is 0 Å². The molecule has 0 aromatic rings. The van der Waals surface area contributed by atoms with Gasteiger partial charge in [0.05, 0.1) is 0 Å². The highest BCUT2D eigenvalue weighted by atomic mass is 14.1. The predicted molar refractivity (Wildman–Crippen MR) is 163 cm³/mol. The van der Waals surface area contributed by atoms with Crippen molar-refractivity contribution in [3.8, 4) is 0 Å². The largest absolute Gasteiger partial charge is 0.0654 e. The Labute approximate surface area is 225 Å². The third-order valence-electron chi connectivity index (χ3n) is 8.34. The van der Waals surface area contributed by atoms with Gasteiger partial charge in [0.1, 0.15) is 0 Å². The van der Waals surface area contributed by atoms with Crippen LogP contribution in [0.15, 0.2) is 0 Å². The molecule has 0 aliphatic carbocycles. The molecule has 0 saturated heterocycles. The molecule has 0 amide bonds. The predicted octanol–water partition coefficient (Wildman–Crippen LogP) is 13.6. The summed E-state index contributed by atoms with van der Waals surface area (Å²) in [4.78, 5) is 0. The normalized spacial score (nSPS) is 12.4. The Kier molecular flexibility index (Phi) is 32.0. The lowest BCUT2D eigenvalue weighted by atomic mass is 9.92. The van der Waals surface area contributed by atoms with Crippen molar-refractivity contribution in [3.05, 3.63) is 6.92 Å². The molecule has 1 atom stereocenters. The molecule has 35 heavy (non-hydrogen) atoms. The molecule has 0 N–H and O–H groups in total. The lowest BCUT2D eigenvalue weighted by Gasteiger charge is -2.14. The molecule has 0 aliphatic heterocycles. The lowest BCUT2D eigenvalue weighted by molar-refractivity contribution is 0.404. The van der Waals surface area contributed by atoms with E-state index >= 15 is 0 Å². The van der Waals surface area contributed by atoms with Crippen LogP contribution in [-0.4, -0.2) is 0 Å². The van der Waals surface area contributed by atoms with E-state index in [4.69, 9.17) is 0 Å². The third kappa shape index (κ3) is 30.1. The van der Waals surface area contributed by atoms with E-state index in [1.165, 1.54) is 193 Å². The van der Waals surface area contributed by atoms with Crippen molar-refractivity contribution in [1.82, 2.24) is 0 Å². The molecule has 0 fully saturated rings. The van der Waals surface area contributed by atoms with E-state index in [2.05, 4.69) is 20.8 Å². The van der Waals surface area contributed by atoms with E-state index in [0.717, 1.165) is 12.3 Å². The Balaban J connectivity index is 3.25. The van der Waals surface area contributed by atoms with Crippen molar-refractivity contribution in [2.45, 2.75) is 213 Å². The van der Waals surface area contributed by atoms with Gasteiger partial charge in [-0.1, -0.05) is 220 Å². The molecule has 0 spiro atoms. The van der Waals surface area contributed by atoms with E-state index < -0.39 is 0 Å². The molecule has 1 unspecified atom stereocenters. The van der Waals surface area contributed by atoms with E-state index in [1.807, 2.05) is 0 Å². The number of hydrogen-bond donors (Lipinski definition) is 0. The zero-order valence-corrected chi connectivity index (χ0v) is 25.2. The molecule has 211 valence electrons. The molecule has 0 rings (SSSR count). The van der Waals surface area contributed by atoms with Gasteiger partial charge in [0, 0.05) is 0 Å². The molecular weight excluding hydrogens is 420 g/mol. The lowest BCUT2D eigenvalue weighted by Crippen LogP contribution is -1.99. The van der Waals surface area contributed by atoms with Gasteiger partial charge < -0.3 is 0 Å². The molecular formula is C35H71. The summed E-state index contributed by atoms with van der Waals surface area (Å²) >= 11 is 0. The van der Waals surface area contributed by atoms with Crippen LogP contribution < -0.4 is 0 Å². The maximum atomic E-state index is 4.25. The molecule has 0 heterocycles. The van der Waals surface area contributed by atoms with Gasteiger partial charge in [-0.25, -0.2) is 0 Å². The molecule has 0 aliphatic rings. The summed E-state index contributed by atoms with van der Waals surface area (Å²) in [7, 11) is 0. The molecule has 0 aromatic heterocycles. The van der Waals surface area contributed by atoms with E-state index in [1.54, 1.807) is 0 Å². The van der Waals surface area contributed by atoms with Gasteiger partial charge in [0.2, 0.25) is 0 Å². The summed E-state index contributed by atoms with van der Waals surface area (Å²) in [6.07, 6.45) is 45.1. The highest BCUT2D eigenvalue weighted by molar-refractivity contribution is 4.62. The Morgan fingerprint density at radius 3 is 0.714 bits per heavy atom. The highest BCUT2D eigenvalue weighted by Gasteiger charge is 2.06. The molecule has 0 saturated carbocycles. The monoisotopic (exact) mass is 492 g/mol. The number of rotatable bonds is 31. The first-order valence-corrected chi connectivity index (χ1v) is 17.1. The van der Waals surface area contributed by atoms with Crippen LogP contribution in [0.4, 0.5) is 0 Å². The van der Waals surface area contributed by atoms with Crippen molar-refractivity contribution in [1.29, 1.82) is 0 Å². The number of unbranched alkanes of at least 4 members (excludes halogenated alkanes) is 26. The van der Waals surface area contributed by atoms with Gasteiger partial charge in [-0.3, -0.25) is 0 Å². The van der Waals surface area contributed by atoms with Crippen molar-refractivity contribution in [2.24, 2.45) is 5.92 Å². The van der Waals surface area contributed by atoms with Crippen molar-refractivity contribution < 1.29 is 0 Å². The summed E-state index contributed by atoms with van der Waals surface area (Å²) in [5, 5.41) is 0. The smallest absolute Gasteiger partial charge is 0.0414 e. The fraction of sp³-hybridized carbons (Fsp3) is 0.971. The van der Waals surface area contributed by atoms with Crippen LogP contribution in [0.5, 0.6) is 0 Å². The first-order valence-electron chi connectivity index (χ1n) is 17.1. The summed E-state index contributed by atoms with van der Waals surface area (Å²) in [5.41, 5.74) is 0. The average molecular weight is 492 g/mol. The topological polar surface area (TPSA) is 0 Å². The van der Waals surface area contributed by atoms with Gasteiger partial charge >= 0.3 is 0 Å². The Hall–Kier alpha value is 0. The van der Waals surface area contributed by atoms with Gasteiger partial charge in [0.25, 0.3) is 0 Å². The highest BCUT2D eigenvalue weighted by Crippen LogP contribution is 2.22. The quantitative estimate of drug-likeness (QED) is 0.0845. The molecule has 0 heteroatoms. The number of hydrogen-bond acceptors (Lipinski definition) is 0. The summed E-state index contributed by atoms with van der Waals surface area (Å²) in [6, 6.07) is 0. The fourth-order valence-electron chi connectivity index (χ4n) is 5.69. The summed E-state index contributed by atoms with van der Waals surface area (Å²) in [5.74, 6) is 0.907. The van der Waals surface area contributed by atoms with E-state index in [-0.39, 0.29) is 0 Å². The minimum atomic E-state index is 0.907. The minimum Gasteiger partial charge on any atom is -0.0654 e. The zero-order valence-electron chi connectivity index (χ0n) is 25.2. The molecule has 1 radical (unpaired) electrons. The van der Waals surface area contributed by atoms with Crippen molar-refractivity contribution in [3.63, 3.8) is 0 Å². The second-order valence-electron chi connectivity index (χ2n) is 11.9. The summed E-state index contributed by atoms with van der Waals surface area (Å²) in [6.45, 7) is 8.87. The van der Waals surface area contributed by atoms with Crippen molar-refractivity contribution >= 4 is 0 Å². The maximum absolute atomic E-state index is 4.25. The zero-order chi connectivity index (χ0) is 25.5. The standard InChI is InChI=1S/C35H71/c1-4-7-9-11-13-15-17-19-20-22-24-26-28-30-32-34-35(6-3)33-31-29-27-25-23-21-18-16-14-12-10-8-5-2/h35H,3-34H2,1-2H3. The molecule has 0 bridgehead atoms. The van der Waals surface area contributed by atoms with Gasteiger partial charge in [-0.15, -0.1) is 0 Å².